The number of pyridine rings is 1. The van der Waals surface area contributed by atoms with Gasteiger partial charge in [0.15, 0.2) is 0 Å². The van der Waals surface area contributed by atoms with E-state index >= 15 is 0 Å². The number of carbonyl (C=O) groups excluding carboxylic acids is 1. The van der Waals surface area contributed by atoms with Crippen LogP contribution in [0.25, 0.3) is 0 Å². The van der Waals surface area contributed by atoms with Crippen LogP contribution in [0.1, 0.15) is 28.7 Å². The van der Waals surface area contributed by atoms with E-state index in [-0.39, 0.29) is 41.9 Å². The number of hydrogen-bond acceptors (Lipinski definition) is 4. The number of carbonyl (C=O) groups is 1. The molecule has 9 heteroatoms. The summed E-state index contributed by atoms with van der Waals surface area (Å²) in [5, 5.41) is 8.89. The number of benzene rings is 2. The van der Waals surface area contributed by atoms with Crippen molar-refractivity contribution in [3.8, 4) is 5.75 Å². The monoisotopic (exact) mass is 488 g/mol. The fourth-order valence-electron chi connectivity index (χ4n) is 4.05. The molecule has 6 nitrogen and oxygen atoms in total. The van der Waals surface area contributed by atoms with E-state index in [4.69, 9.17) is 21.4 Å². The molecule has 2 heterocycles. The normalized spacial score (nSPS) is 13.0. The highest BCUT2D eigenvalue weighted by atomic mass is 35.5. The Hall–Kier alpha value is -3.23. The highest BCUT2D eigenvalue weighted by Crippen LogP contribution is 2.25. The zero-order valence-electron chi connectivity index (χ0n) is 18.3. The second-order valence-corrected chi connectivity index (χ2v) is 8.42. The van der Waals surface area contributed by atoms with Gasteiger partial charge in [-0.3, -0.25) is 9.59 Å². The molecule has 1 aliphatic heterocycles. The summed E-state index contributed by atoms with van der Waals surface area (Å²) in [6, 6.07) is 10.5. The number of fused-ring (bicyclic) bond motifs is 1. The second kappa shape index (κ2) is 10.4. The molecule has 0 saturated heterocycles. The molecule has 0 aliphatic carbocycles. The van der Waals surface area contributed by atoms with E-state index in [9.17, 15) is 18.4 Å². The Morgan fingerprint density at radius 3 is 2.74 bits per heavy atom. The van der Waals surface area contributed by atoms with E-state index in [0.717, 1.165) is 28.8 Å². The van der Waals surface area contributed by atoms with Gasteiger partial charge in [-0.05, 0) is 41.3 Å². The summed E-state index contributed by atoms with van der Waals surface area (Å²) in [5.41, 5.74) is 2.74. The van der Waals surface area contributed by atoms with Crippen molar-refractivity contribution < 1.29 is 23.4 Å². The lowest BCUT2D eigenvalue weighted by molar-refractivity contribution is -0.132. The largest absolute Gasteiger partial charge is 0.487 e. The maximum absolute atomic E-state index is 13.8. The lowest BCUT2D eigenvalue weighted by Gasteiger charge is -2.30. The second-order valence-electron chi connectivity index (χ2n) is 8.05. The van der Waals surface area contributed by atoms with Crippen LogP contribution in [0.3, 0.4) is 0 Å². The number of aliphatic hydroxyl groups excluding tert-OH is 1. The van der Waals surface area contributed by atoms with Gasteiger partial charge in [0.1, 0.15) is 29.0 Å². The lowest BCUT2D eigenvalue weighted by Crippen LogP contribution is -2.36. The van der Waals surface area contributed by atoms with Gasteiger partial charge in [0.25, 0.3) is 5.56 Å². The molecule has 0 radical (unpaired) electrons. The highest BCUT2D eigenvalue weighted by molar-refractivity contribution is 6.31. The standard InChI is InChI=1S/C25H23ClF2N2O4/c26-24-22(34-15-18-4-5-19(27)12-21(18)28)7-10-30(25(24)33)14-17-3-1-2-16-13-29(9-6-20(16)17)23(32)8-11-31/h1-5,7,10,12,31H,6,8-9,11,13-15H2. The number of aliphatic hydroxyl groups is 1. The molecule has 1 N–H and O–H groups in total. The van der Waals surface area contributed by atoms with Crippen molar-refractivity contribution in [1.29, 1.82) is 0 Å². The molecule has 0 fully saturated rings. The van der Waals surface area contributed by atoms with Crippen molar-refractivity contribution in [1.82, 2.24) is 9.47 Å². The van der Waals surface area contributed by atoms with Crippen LogP contribution in [0.4, 0.5) is 8.78 Å². The van der Waals surface area contributed by atoms with Crippen molar-refractivity contribution in [2.24, 2.45) is 0 Å². The van der Waals surface area contributed by atoms with Gasteiger partial charge in [-0.15, -0.1) is 0 Å². The van der Waals surface area contributed by atoms with Crippen LogP contribution in [0.2, 0.25) is 5.02 Å². The van der Waals surface area contributed by atoms with Gasteiger partial charge in [-0.2, -0.15) is 0 Å². The molecule has 34 heavy (non-hydrogen) atoms. The SMILES string of the molecule is O=C(CCO)N1CCc2c(cccc2Cn2ccc(OCc3ccc(F)cc3F)c(Cl)c2=O)C1. The van der Waals surface area contributed by atoms with E-state index in [1.54, 1.807) is 11.1 Å². The fraction of sp³-hybridized carbons (Fsp3) is 0.280. The summed E-state index contributed by atoms with van der Waals surface area (Å²) >= 11 is 6.25. The quantitative estimate of drug-likeness (QED) is 0.551. The Kier molecular flexibility index (Phi) is 7.29. The molecule has 0 spiro atoms. The van der Waals surface area contributed by atoms with E-state index < -0.39 is 17.2 Å². The Morgan fingerprint density at radius 1 is 1.15 bits per heavy atom. The summed E-state index contributed by atoms with van der Waals surface area (Å²) in [7, 11) is 0. The van der Waals surface area contributed by atoms with Crippen LogP contribution >= 0.6 is 11.6 Å². The van der Waals surface area contributed by atoms with Crippen molar-refractivity contribution in [2.75, 3.05) is 13.2 Å². The Morgan fingerprint density at radius 2 is 1.97 bits per heavy atom. The van der Waals surface area contributed by atoms with Crippen molar-refractivity contribution in [2.45, 2.75) is 32.5 Å². The molecule has 0 unspecified atom stereocenters. The van der Waals surface area contributed by atoms with Crippen LogP contribution in [0.15, 0.2) is 53.5 Å². The average Bonchev–Trinajstić information content (AvgIpc) is 2.82. The summed E-state index contributed by atoms with van der Waals surface area (Å²) < 4.78 is 33.9. The van der Waals surface area contributed by atoms with Gasteiger partial charge < -0.3 is 19.3 Å². The molecule has 3 aromatic rings. The third-order valence-corrected chi connectivity index (χ3v) is 6.20. The number of halogens is 3. The van der Waals surface area contributed by atoms with Crippen LogP contribution in [0, 0.1) is 11.6 Å². The lowest BCUT2D eigenvalue weighted by atomic mass is 9.94. The number of aromatic nitrogens is 1. The average molecular weight is 489 g/mol. The van der Waals surface area contributed by atoms with Crippen LogP contribution in [-0.2, 0) is 30.9 Å². The minimum atomic E-state index is -0.741. The Bertz CT molecular complexity index is 1280. The van der Waals surface area contributed by atoms with Gasteiger partial charge in [0.05, 0.1) is 13.2 Å². The first-order valence-electron chi connectivity index (χ1n) is 10.8. The topological polar surface area (TPSA) is 71.8 Å². The number of hydrogen-bond donors (Lipinski definition) is 1. The van der Waals surface area contributed by atoms with Gasteiger partial charge in [0.2, 0.25) is 5.91 Å². The number of ether oxygens (including phenoxy) is 1. The molecule has 1 aromatic heterocycles. The van der Waals surface area contributed by atoms with Crippen molar-refractivity contribution in [3.05, 3.63) is 97.9 Å². The molecule has 4 rings (SSSR count). The summed E-state index contributed by atoms with van der Waals surface area (Å²) in [4.78, 5) is 26.7. The number of amides is 1. The Labute approximate surface area is 200 Å². The molecule has 0 atom stereocenters. The molecule has 0 saturated carbocycles. The highest BCUT2D eigenvalue weighted by Gasteiger charge is 2.22. The summed E-state index contributed by atoms with van der Waals surface area (Å²) in [6.45, 7) is 0.923. The molecule has 1 aliphatic rings. The third-order valence-electron chi connectivity index (χ3n) is 5.85. The summed E-state index contributed by atoms with van der Waals surface area (Å²) in [6.07, 6.45) is 2.31. The third kappa shape index (κ3) is 5.13. The van der Waals surface area contributed by atoms with E-state index in [2.05, 4.69) is 0 Å². The maximum atomic E-state index is 13.8. The van der Waals surface area contributed by atoms with Crippen LogP contribution in [0.5, 0.6) is 5.75 Å². The van der Waals surface area contributed by atoms with E-state index in [0.29, 0.717) is 26.1 Å². The summed E-state index contributed by atoms with van der Waals surface area (Å²) in [5.74, 6) is -1.40. The molecule has 2 aromatic carbocycles. The van der Waals surface area contributed by atoms with Crippen LogP contribution < -0.4 is 10.3 Å². The van der Waals surface area contributed by atoms with Gasteiger partial charge >= 0.3 is 0 Å². The first-order chi connectivity index (χ1) is 16.4. The smallest absolute Gasteiger partial charge is 0.273 e. The van der Waals surface area contributed by atoms with Gasteiger partial charge in [0, 0.05) is 37.3 Å². The Balaban J connectivity index is 1.50. The zero-order valence-corrected chi connectivity index (χ0v) is 19.0. The first-order valence-corrected chi connectivity index (χ1v) is 11.2. The molecular weight excluding hydrogens is 466 g/mol. The first kappa shape index (κ1) is 23.9. The van der Waals surface area contributed by atoms with Crippen molar-refractivity contribution >= 4 is 17.5 Å². The fourth-order valence-corrected chi connectivity index (χ4v) is 4.27. The number of rotatable bonds is 7. The van der Waals surface area contributed by atoms with Gasteiger partial charge in [-0.25, -0.2) is 8.78 Å². The predicted molar refractivity (Wildman–Crippen MR) is 123 cm³/mol. The van der Waals surface area contributed by atoms with E-state index in [1.807, 2.05) is 18.2 Å². The minimum absolute atomic E-state index is 0.0855. The zero-order chi connectivity index (χ0) is 24.2. The van der Waals surface area contributed by atoms with E-state index in [1.165, 1.54) is 16.7 Å². The van der Waals surface area contributed by atoms with Crippen molar-refractivity contribution in [3.63, 3.8) is 0 Å². The maximum Gasteiger partial charge on any atom is 0.273 e. The predicted octanol–water partition coefficient (Wildman–Crippen LogP) is 3.67. The molecule has 1 amide bonds. The minimum Gasteiger partial charge on any atom is -0.487 e. The number of nitrogens with zero attached hydrogens (tertiary/aromatic N) is 2. The molecular formula is C25H23ClF2N2O4. The van der Waals surface area contributed by atoms with Gasteiger partial charge in [-0.1, -0.05) is 29.8 Å². The molecule has 178 valence electrons. The molecule has 0 bridgehead atoms. The van der Waals surface area contributed by atoms with Crippen LogP contribution in [-0.4, -0.2) is 33.6 Å².